The van der Waals surface area contributed by atoms with Gasteiger partial charge in [-0.1, -0.05) is 12.1 Å². The molecule has 0 aliphatic heterocycles. The number of rotatable bonds is 12. The molecule has 1 aromatic rings. The molecule has 2 N–H and O–H groups in total. The summed E-state index contributed by atoms with van der Waals surface area (Å²) in [6, 6.07) is 6.86. The van der Waals surface area contributed by atoms with E-state index in [2.05, 4.69) is 15.0 Å². The maximum atomic E-state index is 12.3. The third-order valence-electron chi connectivity index (χ3n) is 4.45. The van der Waals surface area contributed by atoms with Crippen LogP contribution in [0.15, 0.2) is 34.2 Å². The van der Waals surface area contributed by atoms with Crippen LogP contribution in [0, 0.1) is 5.92 Å². The number of aliphatic imine (C=N–C) groups is 1. The molecule has 0 saturated heterocycles. The number of likely N-dealkylation sites (N-methyl/N-ethyl adjacent to an activating group) is 1. The van der Waals surface area contributed by atoms with Crippen LogP contribution in [0.1, 0.15) is 18.4 Å². The van der Waals surface area contributed by atoms with Gasteiger partial charge in [0.2, 0.25) is 10.0 Å². The smallest absolute Gasteiger partial charge is 0.240 e. The molecule has 1 aromatic carbocycles. The van der Waals surface area contributed by atoms with E-state index in [4.69, 9.17) is 9.47 Å². The molecule has 166 valence electrons. The van der Waals surface area contributed by atoms with Crippen molar-refractivity contribution in [1.82, 2.24) is 14.9 Å². The molecule has 10 heteroatoms. The van der Waals surface area contributed by atoms with Crippen LogP contribution in [0.25, 0.3) is 0 Å². The first kappa shape index (κ1) is 26.1. The van der Waals surface area contributed by atoms with Crippen molar-refractivity contribution in [1.29, 1.82) is 0 Å². The lowest BCUT2D eigenvalue weighted by atomic mass is 10.2. The molecule has 2 rings (SSSR count). The second-order valence-electron chi connectivity index (χ2n) is 6.88. The summed E-state index contributed by atoms with van der Waals surface area (Å²) in [5, 5.41) is 3.26. The van der Waals surface area contributed by atoms with E-state index < -0.39 is 10.0 Å². The van der Waals surface area contributed by atoms with Gasteiger partial charge in [-0.25, -0.2) is 13.1 Å². The Bertz CT molecular complexity index is 741. The minimum absolute atomic E-state index is 0. The summed E-state index contributed by atoms with van der Waals surface area (Å²) in [6.07, 6.45) is 2.57. The number of sulfonamides is 1. The zero-order chi connectivity index (χ0) is 20.4. The van der Waals surface area contributed by atoms with Crippen LogP contribution in [0.5, 0.6) is 0 Å². The largest absolute Gasteiger partial charge is 0.383 e. The highest BCUT2D eigenvalue weighted by atomic mass is 127. The van der Waals surface area contributed by atoms with Crippen molar-refractivity contribution in [3.8, 4) is 0 Å². The Labute approximate surface area is 191 Å². The number of hydrogen-bond donors (Lipinski definition) is 2. The minimum Gasteiger partial charge on any atom is -0.383 e. The number of nitrogens with one attached hydrogen (secondary N) is 2. The molecule has 1 aliphatic rings. The fraction of sp³-hybridized carbons (Fsp3) is 0.632. The van der Waals surface area contributed by atoms with Crippen LogP contribution in [-0.4, -0.2) is 73.4 Å². The summed E-state index contributed by atoms with van der Waals surface area (Å²) < 4.78 is 37.7. The summed E-state index contributed by atoms with van der Waals surface area (Å²) in [6.45, 7) is 3.29. The van der Waals surface area contributed by atoms with Gasteiger partial charge in [0.1, 0.15) is 0 Å². The maximum Gasteiger partial charge on any atom is 0.240 e. The van der Waals surface area contributed by atoms with Gasteiger partial charge < -0.3 is 19.7 Å². The fourth-order valence-electron chi connectivity index (χ4n) is 2.59. The third-order valence-corrected chi connectivity index (χ3v) is 5.91. The van der Waals surface area contributed by atoms with Gasteiger partial charge in [-0.2, -0.15) is 0 Å². The van der Waals surface area contributed by atoms with Crippen molar-refractivity contribution in [2.75, 3.05) is 54.1 Å². The van der Waals surface area contributed by atoms with Crippen LogP contribution < -0.4 is 10.0 Å². The SMILES string of the molecule is CN=C(NCc1cccc(S(=O)(=O)NCCOC)c1)N(C)CCOCC1CC1.I. The molecule has 1 saturated carbocycles. The van der Waals surface area contributed by atoms with E-state index in [9.17, 15) is 8.42 Å². The standard InChI is InChI=1S/C19H32N4O4S.HI/c1-20-19(23(2)10-12-27-15-16-7-8-16)21-14-17-5-4-6-18(13-17)28(24,25)22-9-11-26-3;/h4-6,13,16,22H,7-12,14-15H2,1-3H3,(H,20,21);1H. The Morgan fingerprint density at radius 1 is 1.31 bits per heavy atom. The lowest BCUT2D eigenvalue weighted by Gasteiger charge is -2.22. The van der Waals surface area contributed by atoms with Crippen LogP contribution in [0.3, 0.4) is 0 Å². The number of ether oxygens (including phenoxy) is 2. The van der Waals surface area contributed by atoms with Gasteiger partial charge in [0, 0.05) is 47.4 Å². The van der Waals surface area contributed by atoms with Crippen LogP contribution >= 0.6 is 24.0 Å². The first-order valence-corrected chi connectivity index (χ1v) is 11.0. The van der Waals surface area contributed by atoms with Crippen molar-refractivity contribution in [2.45, 2.75) is 24.3 Å². The van der Waals surface area contributed by atoms with Crippen LogP contribution in [-0.2, 0) is 26.0 Å². The molecule has 8 nitrogen and oxygen atoms in total. The molecule has 0 amide bonds. The normalized spacial score (nSPS) is 14.4. The first-order valence-electron chi connectivity index (χ1n) is 9.53. The summed E-state index contributed by atoms with van der Waals surface area (Å²) in [4.78, 5) is 6.52. The minimum atomic E-state index is -3.55. The zero-order valence-electron chi connectivity index (χ0n) is 17.4. The third kappa shape index (κ3) is 9.60. The van der Waals surface area contributed by atoms with Gasteiger partial charge in [0.25, 0.3) is 0 Å². The average Bonchev–Trinajstić information content (AvgIpc) is 3.50. The number of guanidine groups is 1. The van der Waals surface area contributed by atoms with E-state index in [1.165, 1.54) is 20.0 Å². The molecule has 29 heavy (non-hydrogen) atoms. The van der Waals surface area contributed by atoms with Crippen molar-refractivity contribution in [2.24, 2.45) is 10.9 Å². The number of halogens is 1. The molecular formula is C19H33IN4O4S. The Morgan fingerprint density at radius 3 is 2.72 bits per heavy atom. The van der Waals surface area contributed by atoms with Crippen LogP contribution in [0.4, 0.5) is 0 Å². The van der Waals surface area contributed by atoms with Crippen molar-refractivity contribution in [3.05, 3.63) is 29.8 Å². The summed E-state index contributed by atoms with van der Waals surface area (Å²) in [5.41, 5.74) is 0.856. The van der Waals surface area contributed by atoms with Gasteiger partial charge >= 0.3 is 0 Å². The number of benzene rings is 1. The van der Waals surface area contributed by atoms with E-state index >= 15 is 0 Å². The highest BCUT2D eigenvalue weighted by Gasteiger charge is 2.21. The van der Waals surface area contributed by atoms with E-state index in [-0.39, 0.29) is 35.4 Å². The Hall–Kier alpha value is -0.950. The van der Waals surface area contributed by atoms with Gasteiger partial charge in [0.15, 0.2) is 5.96 Å². The van der Waals surface area contributed by atoms with Crippen molar-refractivity contribution in [3.63, 3.8) is 0 Å². The quantitative estimate of drug-likeness (QED) is 0.182. The highest BCUT2D eigenvalue weighted by molar-refractivity contribution is 14.0. The predicted octanol–water partition coefficient (Wildman–Crippen LogP) is 1.66. The predicted molar refractivity (Wildman–Crippen MR) is 125 cm³/mol. The molecule has 0 radical (unpaired) electrons. The molecule has 1 fully saturated rings. The van der Waals surface area contributed by atoms with Gasteiger partial charge in [0.05, 0.1) is 18.1 Å². The Morgan fingerprint density at radius 2 is 2.07 bits per heavy atom. The molecule has 0 spiro atoms. The molecular weight excluding hydrogens is 507 g/mol. The van der Waals surface area contributed by atoms with Gasteiger partial charge in [-0.15, -0.1) is 24.0 Å². The maximum absolute atomic E-state index is 12.3. The van der Waals surface area contributed by atoms with E-state index in [0.29, 0.717) is 19.8 Å². The Balaban J connectivity index is 0.00000420. The second kappa shape index (κ2) is 13.4. The lowest BCUT2D eigenvalue weighted by molar-refractivity contribution is 0.115. The molecule has 0 aromatic heterocycles. The van der Waals surface area contributed by atoms with E-state index in [1.54, 1.807) is 25.2 Å². The van der Waals surface area contributed by atoms with Gasteiger partial charge in [-0.05, 0) is 36.5 Å². The van der Waals surface area contributed by atoms with Crippen molar-refractivity contribution < 1.29 is 17.9 Å². The van der Waals surface area contributed by atoms with Gasteiger partial charge in [-0.3, -0.25) is 4.99 Å². The molecule has 1 aliphatic carbocycles. The second-order valence-corrected chi connectivity index (χ2v) is 8.65. The first-order chi connectivity index (χ1) is 13.5. The lowest BCUT2D eigenvalue weighted by Crippen LogP contribution is -2.40. The molecule has 0 heterocycles. The monoisotopic (exact) mass is 540 g/mol. The van der Waals surface area contributed by atoms with E-state index in [0.717, 1.165) is 30.6 Å². The topological polar surface area (TPSA) is 92.3 Å². The number of hydrogen-bond acceptors (Lipinski definition) is 5. The number of nitrogens with zero attached hydrogens (tertiary/aromatic N) is 2. The fourth-order valence-corrected chi connectivity index (χ4v) is 3.67. The zero-order valence-corrected chi connectivity index (χ0v) is 20.5. The number of methoxy groups -OCH3 is 1. The highest BCUT2D eigenvalue weighted by Crippen LogP contribution is 2.28. The molecule has 0 atom stereocenters. The molecule has 0 unspecified atom stereocenters. The van der Waals surface area contributed by atoms with Crippen molar-refractivity contribution >= 4 is 40.0 Å². The summed E-state index contributed by atoms with van der Waals surface area (Å²) in [5.74, 6) is 1.50. The summed E-state index contributed by atoms with van der Waals surface area (Å²) in [7, 11) is 1.67. The van der Waals surface area contributed by atoms with E-state index in [1.807, 2.05) is 18.0 Å². The molecule has 0 bridgehead atoms. The summed E-state index contributed by atoms with van der Waals surface area (Å²) >= 11 is 0. The average molecular weight is 540 g/mol. The Kier molecular flexibility index (Phi) is 12.0. The van der Waals surface area contributed by atoms with Crippen LogP contribution in [0.2, 0.25) is 0 Å².